The SMILES string of the molecule is COC(=O)C(C)(C)C1CCCN(c2c(C#N)cnc3c(C)cc(F)cc23)C1. The van der Waals surface area contributed by atoms with Crippen LogP contribution in [-0.2, 0) is 9.53 Å². The maximum atomic E-state index is 14.1. The Morgan fingerprint density at radius 1 is 1.44 bits per heavy atom. The van der Waals surface area contributed by atoms with Crippen LogP contribution in [0.25, 0.3) is 10.9 Å². The van der Waals surface area contributed by atoms with Crippen molar-refractivity contribution in [1.29, 1.82) is 5.26 Å². The monoisotopic (exact) mass is 369 g/mol. The number of nitrogens with zero attached hydrogens (tertiary/aromatic N) is 3. The van der Waals surface area contributed by atoms with E-state index in [1.54, 1.807) is 6.20 Å². The molecule has 0 amide bonds. The number of carbonyl (C=O) groups is 1. The highest BCUT2D eigenvalue weighted by molar-refractivity contribution is 5.96. The Hall–Kier alpha value is -2.68. The van der Waals surface area contributed by atoms with E-state index in [1.807, 2.05) is 20.8 Å². The molecule has 6 heteroatoms. The lowest BCUT2D eigenvalue weighted by atomic mass is 9.74. The number of hydrogen-bond acceptors (Lipinski definition) is 5. The molecular formula is C21H24FN3O2. The molecule has 1 saturated heterocycles. The Kier molecular flexibility index (Phi) is 5.05. The summed E-state index contributed by atoms with van der Waals surface area (Å²) in [6, 6.07) is 5.09. The number of nitriles is 1. The highest BCUT2D eigenvalue weighted by Gasteiger charge is 2.40. The van der Waals surface area contributed by atoms with E-state index < -0.39 is 5.41 Å². The summed E-state index contributed by atoms with van der Waals surface area (Å²) in [6.07, 6.45) is 3.34. The zero-order valence-electron chi connectivity index (χ0n) is 16.2. The number of fused-ring (bicyclic) bond motifs is 1. The smallest absolute Gasteiger partial charge is 0.311 e. The molecule has 2 aromatic rings. The standard InChI is InChI=1S/C21H24FN3O2/c1-13-8-16(22)9-17-18(13)24-11-14(10-23)19(17)25-7-5-6-15(12-25)21(2,3)20(26)27-4/h8-9,11,15H,5-7,12H2,1-4H3. The first kappa shape index (κ1) is 19.1. The van der Waals surface area contributed by atoms with E-state index in [2.05, 4.69) is 16.0 Å². The number of rotatable bonds is 3. The maximum absolute atomic E-state index is 14.1. The van der Waals surface area contributed by atoms with Crippen LogP contribution < -0.4 is 4.90 Å². The summed E-state index contributed by atoms with van der Waals surface area (Å²) in [7, 11) is 1.40. The molecule has 0 aliphatic carbocycles. The van der Waals surface area contributed by atoms with Gasteiger partial charge in [0.2, 0.25) is 0 Å². The average molecular weight is 369 g/mol. The molecule has 0 saturated carbocycles. The first-order chi connectivity index (χ1) is 12.8. The minimum atomic E-state index is -0.635. The molecule has 0 spiro atoms. The summed E-state index contributed by atoms with van der Waals surface area (Å²) in [6.45, 7) is 6.95. The zero-order chi connectivity index (χ0) is 19.8. The Morgan fingerprint density at radius 2 is 2.19 bits per heavy atom. The lowest BCUT2D eigenvalue weighted by molar-refractivity contribution is -0.154. The summed E-state index contributed by atoms with van der Waals surface area (Å²) in [5.41, 5.74) is 1.92. The van der Waals surface area contributed by atoms with E-state index in [0.29, 0.717) is 28.7 Å². The van der Waals surface area contributed by atoms with E-state index >= 15 is 0 Å². The molecule has 0 radical (unpaired) electrons. The van der Waals surface area contributed by atoms with Crippen LogP contribution in [0.4, 0.5) is 10.1 Å². The van der Waals surface area contributed by atoms with Crippen LogP contribution in [0.5, 0.6) is 0 Å². The van der Waals surface area contributed by atoms with E-state index in [4.69, 9.17) is 4.74 Å². The summed E-state index contributed by atoms with van der Waals surface area (Å²) in [5, 5.41) is 10.3. The maximum Gasteiger partial charge on any atom is 0.311 e. The van der Waals surface area contributed by atoms with Crippen molar-refractivity contribution >= 4 is 22.6 Å². The largest absolute Gasteiger partial charge is 0.469 e. The van der Waals surface area contributed by atoms with Gasteiger partial charge < -0.3 is 9.64 Å². The Labute approximate surface area is 158 Å². The number of carbonyl (C=O) groups excluding carboxylic acids is 1. The van der Waals surface area contributed by atoms with Gasteiger partial charge in [-0.25, -0.2) is 4.39 Å². The summed E-state index contributed by atoms with van der Waals surface area (Å²) < 4.78 is 19.1. The van der Waals surface area contributed by atoms with Crippen LogP contribution in [0.2, 0.25) is 0 Å². The fourth-order valence-corrected chi connectivity index (χ4v) is 4.04. The van der Waals surface area contributed by atoms with Gasteiger partial charge in [-0.3, -0.25) is 9.78 Å². The molecule has 2 heterocycles. The van der Waals surface area contributed by atoms with Crippen LogP contribution in [0.15, 0.2) is 18.3 Å². The third-order valence-electron chi connectivity index (χ3n) is 5.69. The molecule has 3 rings (SSSR count). The molecule has 1 atom stereocenters. The molecule has 1 unspecified atom stereocenters. The highest BCUT2D eigenvalue weighted by atomic mass is 19.1. The quantitative estimate of drug-likeness (QED) is 0.766. The minimum absolute atomic E-state index is 0.0723. The number of esters is 1. The van der Waals surface area contributed by atoms with Gasteiger partial charge in [0.25, 0.3) is 0 Å². The van der Waals surface area contributed by atoms with Crippen molar-refractivity contribution in [3.8, 4) is 6.07 Å². The highest BCUT2D eigenvalue weighted by Crippen LogP contribution is 2.39. The summed E-state index contributed by atoms with van der Waals surface area (Å²) in [4.78, 5) is 18.7. The normalized spacial score (nSPS) is 17.6. The van der Waals surface area contributed by atoms with E-state index in [0.717, 1.165) is 24.9 Å². The third-order valence-corrected chi connectivity index (χ3v) is 5.69. The minimum Gasteiger partial charge on any atom is -0.469 e. The molecule has 27 heavy (non-hydrogen) atoms. The van der Waals surface area contributed by atoms with Crippen molar-refractivity contribution in [3.63, 3.8) is 0 Å². The van der Waals surface area contributed by atoms with Gasteiger partial charge >= 0.3 is 5.97 Å². The van der Waals surface area contributed by atoms with Gasteiger partial charge in [0.05, 0.1) is 29.3 Å². The van der Waals surface area contributed by atoms with E-state index in [-0.39, 0.29) is 17.7 Å². The average Bonchev–Trinajstić information content (AvgIpc) is 2.66. The number of ether oxygens (including phenoxy) is 1. The molecule has 1 aromatic carbocycles. The molecule has 1 aliphatic rings. The Bertz CT molecular complexity index is 933. The van der Waals surface area contributed by atoms with Crippen molar-refractivity contribution in [2.24, 2.45) is 11.3 Å². The predicted octanol–water partition coefficient (Wildman–Crippen LogP) is 3.97. The molecule has 0 bridgehead atoms. The van der Waals surface area contributed by atoms with Gasteiger partial charge in [-0.15, -0.1) is 0 Å². The molecule has 1 aliphatic heterocycles. The summed E-state index contributed by atoms with van der Waals surface area (Å²) in [5.74, 6) is -0.513. The number of anilines is 1. The second-order valence-electron chi connectivity index (χ2n) is 7.75. The number of piperidine rings is 1. The fourth-order valence-electron chi connectivity index (χ4n) is 4.04. The van der Waals surface area contributed by atoms with Crippen LogP contribution >= 0.6 is 0 Å². The number of aryl methyl sites for hydroxylation is 1. The van der Waals surface area contributed by atoms with E-state index in [1.165, 1.54) is 19.2 Å². The second-order valence-corrected chi connectivity index (χ2v) is 7.75. The number of halogens is 1. The van der Waals surface area contributed by atoms with Crippen molar-refractivity contribution < 1.29 is 13.9 Å². The molecular weight excluding hydrogens is 345 g/mol. The molecule has 1 aromatic heterocycles. The van der Waals surface area contributed by atoms with Crippen LogP contribution in [0.1, 0.15) is 37.8 Å². The number of benzene rings is 1. The van der Waals surface area contributed by atoms with Crippen molar-refractivity contribution in [1.82, 2.24) is 4.98 Å². The first-order valence-corrected chi connectivity index (χ1v) is 9.12. The molecule has 1 fully saturated rings. The van der Waals surface area contributed by atoms with Gasteiger partial charge in [0.1, 0.15) is 11.9 Å². The van der Waals surface area contributed by atoms with Gasteiger partial charge in [0, 0.05) is 24.7 Å². The number of methoxy groups -OCH3 is 1. The third kappa shape index (κ3) is 3.34. The topological polar surface area (TPSA) is 66.2 Å². The molecule has 5 nitrogen and oxygen atoms in total. The Morgan fingerprint density at radius 3 is 2.85 bits per heavy atom. The second kappa shape index (κ2) is 7.15. The molecule has 0 N–H and O–H groups in total. The lowest BCUT2D eigenvalue weighted by Crippen LogP contribution is -2.45. The van der Waals surface area contributed by atoms with Crippen LogP contribution in [-0.4, -0.2) is 31.2 Å². The number of hydrogen-bond donors (Lipinski definition) is 0. The number of aromatic nitrogens is 1. The van der Waals surface area contributed by atoms with Crippen LogP contribution in [0.3, 0.4) is 0 Å². The van der Waals surface area contributed by atoms with Crippen molar-refractivity contribution in [3.05, 3.63) is 35.3 Å². The van der Waals surface area contributed by atoms with Gasteiger partial charge in [-0.05, 0) is 57.2 Å². The summed E-state index contributed by atoms with van der Waals surface area (Å²) >= 11 is 0. The molecule has 142 valence electrons. The fraction of sp³-hybridized carbons (Fsp3) is 0.476. The lowest BCUT2D eigenvalue weighted by Gasteiger charge is -2.41. The van der Waals surface area contributed by atoms with Crippen molar-refractivity contribution in [2.75, 3.05) is 25.1 Å². The number of pyridine rings is 1. The zero-order valence-corrected chi connectivity index (χ0v) is 16.2. The van der Waals surface area contributed by atoms with Gasteiger partial charge in [-0.2, -0.15) is 5.26 Å². The first-order valence-electron chi connectivity index (χ1n) is 9.12. The van der Waals surface area contributed by atoms with Gasteiger partial charge in [-0.1, -0.05) is 0 Å². The van der Waals surface area contributed by atoms with Gasteiger partial charge in [0.15, 0.2) is 0 Å². The van der Waals surface area contributed by atoms with Crippen LogP contribution in [0, 0.1) is 35.4 Å². The predicted molar refractivity (Wildman–Crippen MR) is 102 cm³/mol. The Balaban J connectivity index is 2.09. The van der Waals surface area contributed by atoms with Crippen molar-refractivity contribution in [2.45, 2.75) is 33.6 Å². The van der Waals surface area contributed by atoms with E-state index in [9.17, 15) is 14.4 Å².